The molecule has 2 unspecified atom stereocenters. The molecule has 1 N–H and O–H groups in total. The molecule has 0 aromatic heterocycles. The summed E-state index contributed by atoms with van der Waals surface area (Å²) < 4.78 is 23.3. The highest BCUT2D eigenvalue weighted by atomic mass is 32.2. The van der Waals surface area contributed by atoms with Gasteiger partial charge in [0.15, 0.2) is 9.84 Å². The van der Waals surface area contributed by atoms with Crippen molar-refractivity contribution >= 4 is 15.8 Å². The molecule has 0 spiro atoms. The maximum atomic E-state index is 12.0. The Kier molecular flexibility index (Phi) is 4.81. The van der Waals surface area contributed by atoms with Crippen LogP contribution in [0.4, 0.5) is 0 Å². The first-order chi connectivity index (χ1) is 8.15. The Morgan fingerprint density at radius 1 is 1.22 bits per heavy atom. The molecule has 0 aromatic rings. The Bertz CT molecular complexity index is 392. The average Bonchev–Trinajstić information content (AvgIpc) is 2.25. The largest absolute Gasteiger partial charge is 0.481 e. The molecule has 1 rings (SSSR count). The lowest BCUT2D eigenvalue weighted by atomic mass is 9.78. The Hall–Kier alpha value is -0.580. The Morgan fingerprint density at radius 3 is 2.28 bits per heavy atom. The van der Waals surface area contributed by atoms with Gasteiger partial charge in [0.05, 0.1) is 16.4 Å². The fraction of sp³-hybridized carbons (Fsp3) is 0.923. The van der Waals surface area contributed by atoms with Crippen LogP contribution >= 0.6 is 0 Å². The third kappa shape index (κ3) is 3.70. The van der Waals surface area contributed by atoms with Gasteiger partial charge in [0.25, 0.3) is 0 Å². The molecule has 0 amide bonds. The van der Waals surface area contributed by atoms with Crippen molar-refractivity contribution in [1.29, 1.82) is 0 Å². The molecule has 5 heteroatoms. The van der Waals surface area contributed by atoms with E-state index in [2.05, 4.69) is 0 Å². The van der Waals surface area contributed by atoms with E-state index in [1.165, 1.54) is 0 Å². The lowest BCUT2D eigenvalue weighted by Crippen LogP contribution is -2.33. The van der Waals surface area contributed by atoms with Crippen LogP contribution < -0.4 is 0 Å². The minimum atomic E-state index is -3.14. The third-order valence-corrected chi connectivity index (χ3v) is 6.56. The fourth-order valence-corrected chi connectivity index (χ4v) is 3.72. The van der Waals surface area contributed by atoms with Crippen LogP contribution in [-0.2, 0) is 14.6 Å². The Labute approximate surface area is 110 Å². The molecular formula is C13H24O4S. The maximum Gasteiger partial charge on any atom is 0.306 e. The molecule has 4 nitrogen and oxygen atoms in total. The molecule has 1 aliphatic rings. The normalized spacial score (nSPS) is 25.9. The summed E-state index contributed by atoms with van der Waals surface area (Å²) in [5.41, 5.74) is 0. The summed E-state index contributed by atoms with van der Waals surface area (Å²) >= 11 is 0. The number of carbonyl (C=O) groups is 1. The van der Waals surface area contributed by atoms with Crippen molar-refractivity contribution in [2.24, 2.45) is 11.8 Å². The highest BCUT2D eigenvalue weighted by Gasteiger charge is 2.34. The van der Waals surface area contributed by atoms with E-state index in [1.807, 2.05) is 0 Å². The topological polar surface area (TPSA) is 71.4 Å². The van der Waals surface area contributed by atoms with Crippen molar-refractivity contribution in [3.63, 3.8) is 0 Å². The first-order valence-electron chi connectivity index (χ1n) is 6.60. The van der Waals surface area contributed by atoms with Gasteiger partial charge in [0.2, 0.25) is 0 Å². The van der Waals surface area contributed by atoms with Crippen LogP contribution in [0.1, 0.15) is 52.9 Å². The summed E-state index contributed by atoms with van der Waals surface area (Å²) in [6.07, 6.45) is 3.98. The lowest BCUT2D eigenvalue weighted by Gasteiger charge is -2.29. The summed E-state index contributed by atoms with van der Waals surface area (Å²) in [4.78, 5) is 11.1. The van der Waals surface area contributed by atoms with E-state index >= 15 is 0 Å². The van der Waals surface area contributed by atoms with Gasteiger partial charge in [0.1, 0.15) is 0 Å². The second-order valence-corrected chi connectivity index (χ2v) is 9.07. The van der Waals surface area contributed by atoms with Gasteiger partial charge in [-0.3, -0.25) is 4.79 Å². The average molecular weight is 276 g/mol. The molecule has 1 saturated carbocycles. The number of hydrogen-bond donors (Lipinski definition) is 1. The van der Waals surface area contributed by atoms with Crippen LogP contribution in [0, 0.1) is 11.8 Å². The van der Waals surface area contributed by atoms with Crippen LogP contribution in [0.3, 0.4) is 0 Å². The van der Waals surface area contributed by atoms with E-state index in [1.54, 1.807) is 20.8 Å². The molecule has 0 heterocycles. The Morgan fingerprint density at radius 2 is 1.78 bits per heavy atom. The summed E-state index contributed by atoms with van der Waals surface area (Å²) in [7, 11) is -3.14. The second kappa shape index (κ2) is 5.59. The van der Waals surface area contributed by atoms with Crippen molar-refractivity contribution in [3.05, 3.63) is 0 Å². The number of aliphatic carboxylic acids is 1. The Balaban J connectivity index is 2.64. The molecule has 1 aliphatic carbocycles. The smallest absolute Gasteiger partial charge is 0.306 e. The van der Waals surface area contributed by atoms with Crippen molar-refractivity contribution in [2.75, 3.05) is 5.75 Å². The van der Waals surface area contributed by atoms with E-state index in [0.29, 0.717) is 12.8 Å². The minimum absolute atomic E-state index is 0.0216. The van der Waals surface area contributed by atoms with Crippen LogP contribution in [0.25, 0.3) is 0 Å². The van der Waals surface area contributed by atoms with E-state index < -0.39 is 20.6 Å². The van der Waals surface area contributed by atoms with Gasteiger partial charge in [-0.25, -0.2) is 8.42 Å². The lowest BCUT2D eigenvalue weighted by molar-refractivity contribution is -0.144. The molecule has 1 fully saturated rings. The monoisotopic (exact) mass is 276 g/mol. The summed E-state index contributed by atoms with van der Waals surface area (Å²) in [5, 5.41) is 9.15. The van der Waals surface area contributed by atoms with Gasteiger partial charge in [-0.2, -0.15) is 0 Å². The van der Waals surface area contributed by atoms with Gasteiger partial charge in [-0.05, 0) is 46.0 Å². The molecule has 0 bridgehead atoms. The highest BCUT2D eigenvalue weighted by molar-refractivity contribution is 7.92. The van der Waals surface area contributed by atoms with E-state index in [-0.39, 0.29) is 17.6 Å². The molecule has 2 atom stereocenters. The molecule has 0 aromatic carbocycles. The van der Waals surface area contributed by atoms with Crippen molar-refractivity contribution in [1.82, 2.24) is 0 Å². The van der Waals surface area contributed by atoms with Crippen molar-refractivity contribution < 1.29 is 18.3 Å². The molecular weight excluding hydrogens is 252 g/mol. The van der Waals surface area contributed by atoms with E-state index in [4.69, 9.17) is 5.11 Å². The zero-order chi connectivity index (χ0) is 14.0. The van der Waals surface area contributed by atoms with Crippen LogP contribution in [0.2, 0.25) is 0 Å². The summed E-state index contributed by atoms with van der Waals surface area (Å²) in [6.45, 7) is 5.08. The summed E-state index contributed by atoms with van der Waals surface area (Å²) in [5.74, 6) is -1.000. The number of rotatable bonds is 4. The molecule has 0 saturated heterocycles. The van der Waals surface area contributed by atoms with Crippen molar-refractivity contribution in [3.8, 4) is 0 Å². The quantitative estimate of drug-likeness (QED) is 0.856. The van der Waals surface area contributed by atoms with Crippen molar-refractivity contribution in [2.45, 2.75) is 57.6 Å². The van der Waals surface area contributed by atoms with Gasteiger partial charge < -0.3 is 5.11 Å². The number of hydrogen-bond acceptors (Lipinski definition) is 3. The maximum absolute atomic E-state index is 12.0. The predicted molar refractivity (Wildman–Crippen MR) is 71.2 cm³/mol. The van der Waals surface area contributed by atoms with E-state index in [9.17, 15) is 13.2 Å². The number of carboxylic acid groups (broad SMARTS) is 1. The SMILES string of the molecule is CC(C)(C)S(=O)(=O)CCC1CCCCC1C(=O)O. The van der Waals surface area contributed by atoms with Crippen LogP contribution in [0.5, 0.6) is 0 Å². The first kappa shape index (κ1) is 15.5. The molecule has 106 valence electrons. The molecule has 18 heavy (non-hydrogen) atoms. The molecule has 0 radical (unpaired) electrons. The third-order valence-electron chi connectivity index (χ3n) is 3.92. The zero-order valence-electron chi connectivity index (χ0n) is 11.5. The van der Waals surface area contributed by atoms with Gasteiger partial charge in [0, 0.05) is 0 Å². The highest BCUT2D eigenvalue weighted by Crippen LogP contribution is 2.33. The second-order valence-electron chi connectivity index (χ2n) is 6.21. The fourth-order valence-electron chi connectivity index (χ4n) is 2.49. The zero-order valence-corrected chi connectivity index (χ0v) is 12.3. The first-order valence-corrected chi connectivity index (χ1v) is 8.25. The van der Waals surface area contributed by atoms with Gasteiger partial charge in [-0.1, -0.05) is 12.8 Å². The van der Waals surface area contributed by atoms with Gasteiger partial charge in [-0.15, -0.1) is 0 Å². The minimum Gasteiger partial charge on any atom is -0.481 e. The standard InChI is InChI=1S/C13H24O4S/c1-13(2,3)18(16,17)9-8-10-6-4-5-7-11(10)12(14)15/h10-11H,4-9H2,1-3H3,(H,14,15). The van der Waals surface area contributed by atoms with Crippen LogP contribution in [-0.4, -0.2) is 30.0 Å². The molecule has 0 aliphatic heterocycles. The number of sulfone groups is 1. The summed E-state index contributed by atoms with van der Waals surface area (Å²) in [6, 6.07) is 0. The van der Waals surface area contributed by atoms with E-state index in [0.717, 1.165) is 19.3 Å². The number of carboxylic acids is 1. The van der Waals surface area contributed by atoms with Crippen LogP contribution in [0.15, 0.2) is 0 Å². The van der Waals surface area contributed by atoms with Gasteiger partial charge >= 0.3 is 5.97 Å². The predicted octanol–water partition coefficient (Wildman–Crippen LogP) is 2.48.